The van der Waals surface area contributed by atoms with Crippen molar-refractivity contribution in [3.05, 3.63) is 48.6 Å². The van der Waals surface area contributed by atoms with Gasteiger partial charge in [-0.1, -0.05) is 62.3 Å². The van der Waals surface area contributed by atoms with Gasteiger partial charge in [-0.05, 0) is 38.2 Å². The minimum absolute atomic E-state index is 0.0726. The van der Waals surface area contributed by atoms with E-state index in [1.54, 1.807) is 18.2 Å². The number of allylic oxidation sites excluding steroid dienone is 8. The molecule has 0 aromatic heterocycles. The van der Waals surface area contributed by atoms with Gasteiger partial charge in [-0.25, -0.2) is 0 Å². The Labute approximate surface area is 140 Å². The Bertz CT molecular complexity index is 428. The van der Waals surface area contributed by atoms with Gasteiger partial charge in [0.15, 0.2) is 5.78 Å². The second-order valence-corrected chi connectivity index (χ2v) is 5.42. The predicted octanol–water partition coefficient (Wildman–Crippen LogP) is 5.40. The largest absolute Gasteiger partial charge is 0.481 e. The SMILES string of the molecule is CCCCC/C=C\C/C=C\CC(=O)/C=C\C=C\CCCC(=O)O. The highest BCUT2D eigenvalue weighted by molar-refractivity contribution is 5.90. The summed E-state index contributed by atoms with van der Waals surface area (Å²) in [6.45, 7) is 2.20. The fraction of sp³-hybridized carbons (Fsp3) is 0.500. The minimum Gasteiger partial charge on any atom is -0.481 e. The molecular formula is C20H30O3. The van der Waals surface area contributed by atoms with Crippen molar-refractivity contribution in [2.45, 2.75) is 64.7 Å². The van der Waals surface area contributed by atoms with Gasteiger partial charge in [-0.15, -0.1) is 0 Å². The standard InChI is InChI=1S/C20H30O3/c1-2-3-4-5-6-7-8-10-13-16-19(21)17-14-11-9-12-15-18-20(22)23/h6-7,9-11,13-14,17H,2-5,8,12,15-16,18H2,1H3,(H,22,23)/b7-6-,11-9+,13-10-,17-14-. The van der Waals surface area contributed by atoms with Gasteiger partial charge in [0, 0.05) is 12.8 Å². The molecule has 0 spiro atoms. The van der Waals surface area contributed by atoms with Gasteiger partial charge in [0.05, 0.1) is 0 Å². The Morgan fingerprint density at radius 1 is 0.870 bits per heavy atom. The van der Waals surface area contributed by atoms with Crippen LogP contribution in [0.4, 0.5) is 0 Å². The molecule has 128 valence electrons. The van der Waals surface area contributed by atoms with Crippen LogP contribution in [0.25, 0.3) is 0 Å². The molecule has 0 unspecified atom stereocenters. The molecule has 0 aromatic rings. The third-order valence-electron chi connectivity index (χ3n) is 3.19. The summed E-state index contributed by atoms with van der Waals surface area (Å²) < 4.78 is 0. The lowest BCUT2D eigenvalue weighted by molar-refractivity contribution is -0.137. The monoisotopic (exact) mass is 318 g/mol. The number of aliphatic carboxylic acids is 1. The van der Waals surface area contributed by atoms with Gasteiger partial charge in [0.2, 0.25) is 0 Å². The number of carbonyl (C=O) groups is 2. The maximum Gasteiger partial charge on any atom is 0.303 e. The Morgan fingerprint density at radius 2 is 1.61 bits per heavy atom. The summed E-state index contributed by atoms with van der Waals surface area (Å²) in [7, 11) is 0. The first-order chi connectivity index (χ1) is 11.2. The van der Waals surface area contributed by atoms with E-state index < -0.39 is 5.97 Å². The zero-order valence-corrected chi connectivity index (χ0v) is 14.2. The Morgan fingerprint density at radius 3 is 2.35 bits per heavy atom. The molecule has 3 heteroatoms. The summed E-state index contributed by atoms with van der Waals surface area (Å²) in [6.07, 6.45) is 23.0. The molecule has 0 rings (SSSR count). The number of carboxylic acids is 1. The fourth-order valence-electron chi connectivity index (χ4n) is 1.88. The molecular weight excluding hydrogens is 288 g/mol. The first kappa shape index (κ1) is 21.1. The average Bonchev–Trinajstić information content (AvgIpc) is 2.52. The van der Waals surface area contributed by atoms with Crippen LogP contribution in [0.1, 0.15) is 64.7 Å². The first-order valence-corrected chi connectivity index (χ1v) is 8.54. The van der Waals surface area contributed by atoms with Crippen molar-refractivity contribution in [1.82, 2.24) is 0 Å². The smallest absolute Gasteiger partial charge is 0.303 e. The van der Waals surface area contributed by atoms with Crippen molar-refractivity contribution in [3.63, 3.8) is 0 Å². The summed E-state index contributed by atoms with van der Waals surface area (Å²) in [6, 6.07) is 0. The topological polar surface area (TPSA) is 54.4 Å². The highest BCUT2D eigenvalue weighted by Crippen LogP contribution is 2.01. The highest BCUT2D eigenvalue weighted by Gasteiger charge is 1.93. The van der Waals surface area contributed by atoms with Crippen molar-refractivity contribution in [2.75, 3.05) is 0 Å². The van der Waals surface area contributed by atoms with Crippen LogP contribution in [-0.4, -0.2) is 16.9 Å². The molecule has 0 saturated heterocycles. The van der Waals surface area contributed by atoms with Crippen LogP contribution >= 0.6 is 0 Å². The third kappa shape index (κ3) is 18.1. The molecule has 0 saturated carbocycles. The van der Waals surface area contributed by atoms with E-state index in [9.17, 15) is 9.59 Å². The molecule has 0 fully saturated rings. The molecule has 0 amide bonds. The Hall–Kier alpha value is -1.90. The van der Waals surface area contributed by atoms with Crippen LogP contribution in [0.3, 0.4) is 0 Å². The van der Waals surface area contributed by atoms with Gasteiger partial charge in [0.1, 0.15) is 0 Å². The van der Waals surface area contributed by atoms with Crippen molar-refractivity contribution in [3.8, 4) is 0 Å². The van der Waals surface area contributed by atoms with E-state index in [4.69, 9.17) is 5.11 Å². The van der Waals surface area contributed by atoms with Crippen molar-refractivity contribution in [1.29, 1.82) is 0 Å². The van der Waals surface area contributed by atoms with E-state index in [0.717, 1.165) is 19.3 Å². The number of rotatable bonds is 14. The van der Waals surface area contributed by atoms with Crippen LogP contribution in [-0.2, 0) is 9.59 Å². The van der Waals surface area contributed by atoms with Gasteiger partial charge in [-0.3, -0.25) is 9.59 Å². The summed E-state index contributed by atoms with van der Waals surface area (Å²) in [5.74, 6) is -0.699. The van der Waals surface area contributed by atoms with Crippen molar-refractivity contribution < 1.29 is 14.7 Å². The number of hydrogen-bond acceptors (Lipinski definition) is 2. The molecule has 0 heterocycles. The molecule has 0 aliphatic carbocycles. The molecule has 23 heavy (non-hydrogen) atoms. The second-order valence-electron chi connectivity index (χ2n) is 5.42. The van der Waals surface area contributed by atoms with E-state index in [1.165, 1.54) is 19.3 Å². The van der Waals surface area contributed by atoms with E-state index >= 15 is 0 Å². The van der Waals surface area contributed by atoms with E-state index in [2.05, 4.69) is 19.1 Å². The van der Waals surface area contributed by atoms with E-state index in [-0.39, 0.29) is 12.2 Å². The molecule has 0 atom stereocenters. The van der Waals surface area contributed by atoms with Crippen molar-refractivity contribution in [2.24, 2.45) is 0 Å². The molecule has 0 aromatic carbocycles. The Kier molecular flexibility index (Phi) is 15.1. The fourth-order valence-corrected chi connectivity index (χ4v) is 1.88. The lowest BCUT2D eigenvalue weighted by atomic mass is 10.2. The zero-order chi connectivity index (χ0) is 17.2. The molecule has 1 N–H and O–H groups in total. The van der Waals surface area contributed by atoms with Crippen molar-refractivity contribution >= 4 is 11.8 Å². The lowest BCUT2D eigenvalue weighted by Crippen LogP contribution is -1.92. The van der Waals surface area contributed by atoms with Gasteiger partial charge >= 0.3 is 5.97 Å². The molecule has 0 aliphatic rings. The summed E-state index contributed by atoms with van der Waals surface area (Å²) in [5.41, 5.74) is 0. The minimum atomic E-state index is -0.772. The molecule has 0 radical (unpaired) electrons. The summed E-state index contributed by atoms with van der Waals surface area (Å²) in [4.78, 5) is 21.9. The lowest BCUT2D eigenvalue weighted by Gasteiger charge is -1.91. The van der Waals surface area contributed by atoms with Crippen LogP contribution in [0.15, 0.2) is 48.6 Å². The number of hydrogen-bond donors (Lipinski definition) is 1. The van der Waals surface area contributed by atoms with Gasteiger partial charge in [-0.2, -0.15) is 0 Å². The normalized spacial score (nSPS) is 12.2. The van der Waals surface area contributed by atoms with Gasteiger partial charge in [0.25, 0.3) is 0 Å². The average molecular weight is 318 g/mol. The van der Waals surface area contributed by atoms with Gasteiger partial charge < -0.3 is 5.11 Å². The number of unbranched alkanes of at least 4 members (excludes halogenated alkanes) is 4. The maximum atomic E-state index is 11.6. The highest BCUT2D eigenvalue weighted by atomic mass is 16.4. The molecule has 3 nitrogen and oxygen atoms in total. The molecule has 0 bridgehead atoms. The first-order valence-electron chi connectivity index (χ1n) is 8.54. The third-order valence-corrected chi connectivity index (χ3v) is 3.19. The van der Waals surface area contributed by atoms with Crippen LogP contribution in [0, 0.1) is 0 Å². The Balaban J connectivity index is 3.65. The van der Waals surface area contributed by atoms with Crippen LogP contribution in [0.2, 0.25) is 0 Å². The number of carboxylic acid groups (broad SMARTS) is 1. The summed E-state index contributed by atoms with van der Waals surface area (Å²) in [5, 5.41) is 8.48. The number of carbonyl (C=O) groups excluding carboxylic acids is 1. The quantitative estimate of drug-likeness (QED) is 0.202. The second kappa shape index (κ2) is 16.5. The number of ketones is 1. The van der Waals surface area contributed by atoms with Crippen LogP contribution in [0.5, 0.6) is 0 Å². The van der Waals surface area contributed by atoms with E-state index in [0.29, 0.717) is 12.8 Å². The summed E-state index contributed by atoms with van der Waals surface area (Å²) >= 11 is 0. The van der Waals surface area contributed by atoms with E-state index in [1.807, 2.05) is 18.2 Å². The predicted molar refractivity (Wildman–Crippen MR) is 96.4 cm³/mol. The molecule has 0 aliphatic heterocycles. The maximum absolute atomic E-state index is 11.6. The van der Waals surface area contributed by atoms with Crippen LogP contribution < -0.4 is 0 Å². The zero-order valence-electron chi connectivity index (χ0n) is 14.2.